The van der Waals surface area contributed by atoms with Crippen LogP contribution in [-0.4, -0.2) is 21.2 Å². The normalized spacial score (nSPS) is 10.3. The van der Waals surface area contributed by atoms with Crippen LogP contribution < -0.4 is 0 Å². The first-order chi connectivity index (χ1) is 11.6. The molecule has 0 spiro atoms. The maximum absolute atomic E-state index is 11.2. The molecule has 0 atom stereocenters. The molecule has 3 rings (SSSR count). The zero-order valence-corrected chi connectivity index (χ0v) is 13.0. The Morgan fingerprint density at radius 2 is 2.04 bits per heavy atom. The molecule has 0 unspecified atom stereocenters. The molecular weight excluding hydrogens is 302 g/mol. The fraction of sp³-hybridized carbons (Fsp3) is 0.150. The molecule has 0 amide bonds. The number of carboxylic acid groups (broad SMARTS) is 1. The van der Waals surface area contributed by atoms with Gasteiger partial charge >= 0.3 is 5.97 Å². The van der Waals surface area contributed by atoms with Crippen molar-refractivity contribution < 1.29 is 15.0 Å². The molecule has 4 nitrogen and oxygen atoms in total. The second-order valence-electron chi connectivity index (χ2n) is 5.59. The molecule has 4 heteroatoms. The summed E-state index contributed by atoms with van der Waals surface area (Å²) in [6.07, 6.45) is 4.01. The smallest absolute Gasteiger partial charge is 0.337 e. The maximum Gasteiger partial charge on any atom is 0.337 e. The van der Waals surface area contributed by atoms with Crippen molar-refractivity contribution in [1.82, 2.24) is 4.98 Å². The largest absolute Gasteiger partial charge is 0.508 e. The van der Waals surface area contributed by atoms with Crippen molar-refractivity contribution in [1.29, 1.82) is 0 Å². The number of aromatic nitrogens is 1. The van der Waals surface area contributed by atoms with Crippen LogP contribution in [0.15, 0.2) is 48.7 Å². The number of hydrogen-bond acceptors (Lipinski definition) is 2. The average Bonchev–Trinajstić information content (AvgIpc) is 2.98. The number of carbonyl (C=O) groups is 1. The zero-order chi connectivity index (χ0) is 16.9. The molecule has 0 saturated heterocycles. The molecule has 0 fully saturated rings. The van der Waals surface area contributed by atoms with E-state index < -0.39 is 5.97 Å². The van der Waals surface area contributed by atoms with Crippen LogP contribution in [0.2, 0.25) is 0 Å². The number of carboxylic acids is 1. The van der Waals surface area contributed by atoms with E-state index in [1.165, 1.54) is 6.20 Å². The van der Waals surface area contributed by atoms with Gasteiger partial charge in [0.25, 0.3) is 0 Å². The first kappa shape index (κ1) is 15.7. The molecule has 0 aliphatic rings. The summed E-state index contributed by atoms with van der Waals surface area (Å²) >= 11 is 0. The van der Waals surface area contributed by atoms with E-state index in [0.29, 0.717) is 5.39 Å². The molecule has 3 N–H and O–H groups in total. The Morgan fingerprint density at radius 1 is 1.17 bits per heavy atom. The van der Waals surface area contributed by atoms with E-state index in [9.17, 15) is 9.90 Å². The van der Waals surface area contributed by atoms with Crippen LogP contribution in [0.1, 0.15) is 34.3 Å². The highest BCUT2D eigenvalue weighted by molar-refractivity contribution is 6.03. The Morgan fingerprint density at radius 3 is 2.83 bits per heavy atom. The molecule has 120 valence electrons. The Labute approximate surface area is 139 Å². The summed E-state index contributed by atoms with van der Waals surface area (Å²) in [5, 5.41) is 19.3. The van der Waals surface area contributed by atoms with E-state index in [4.69, 9.17) is 5.11 Å². The number of hydrogen-bond donors (Lipinski definition) is 3. The minimum atomic E-state index is -0.947. The third-order valence-corrected chi connectivity index (χ3v) is 3.82. The lowest BCUT2D eigenvalue weighted by Gasteiger charge is -1.99. The van der Waals surface area contributed by atoms with Crippen LogP contribution in [0, 0.1) is 11.8 Å². The fourth-order valence-electron chi connectivity index (χ4n) is 2.63. The highest BCUT2D eigenvalue weighted by atomic mass is 16.4. The summed E-state index contributed by atoms with van der Waals surface area (Å²) < 4.78 is 0. The molecule has 1 aromatic heterocycles. The van der Waals surface area contributed by atoms with E-state index in [1.54, 1.807) is 18.2 Å². The predicted molar refractivity (Wildman–Crippen MR) is 93.2 cm³/mol. The summed E-state index contributed by atoms with van der Waals surface area (Å²) in [6.45, 7) is 0. The number of aromatic amines is 1. The van der Waals surface area contributed by atoms with Gasteiger partial charge in [-0.3, -0.25) is 0 Å². The second-order valence-corrected chi connectivity index (χ2v) is 5.59. The summed E-state index contributed by atoms with van der Waals surface area (Å²) in [5.41, 5.74) is 2.96. The Kier molecular flexibility index (Phi) is 4.53. The molecule has 3 aromatic rings. The number of rotatable bonds is 4. The quantitative estimate of drug-likeness (QED) is 0.503. The van der Waals surface area contributed by atoms with Crippen LogP contribution in [0.25, 0.3) is 10.9 Å². The number of benzene rings is 2. The maximum atomic E-state index is 11.2. The minimum Gasteiger partial charge on any atom is -0.508 e. The lowest BCUT2D eigenvalue weighted by molar-refractivity contribution is 0.0699. The van der Waals surface area contributed by atoms with Gasteiger partial charge in [-0.05, 0) is 48.7 Å². The van der Waals surface area contributed by atoms with Crippen LogP contribution in [0.5, 0.6) is 5.75 Å². The highest BCUT2D eigenvalue weighted by Gasteiger charge is 2.10. The topological polar surface area (TPSA) is 73.3 Å². The number of H-pyrrole nitrogens is 1. The standard InChI is InChI=1S/C20H17NO3/c22-16-8-4-7-14(11-16)5-2-1-3-6-15-9-10-19-17(12-15)18(13-21-19)20(23)24/h4,7-13,21-22H,1-2,5H2,(H,23,24). The summed E-state index contributed by atoms with van der Waals surface area (Å²) in [4.78, 5) is 14.1. The number of unbranched alkanes of at least 4 members (excludes halogenated alkanes) is 1. The van der Waals surface area contributed by atoms with Crippen LogP contribution >= 0.6 is 0 Å². The Balaban J connectivity index is 1.64. The number of aromatic hydroxyl groups is 1. The fourth-order valence-corrected chi connectivity index (χ4v) is 2.63. The van der Waals surface area contributed by atoms with Gasteiger partial charge in [-0.2, -0.15) is 0 Å². The van der Waals surface area contributed by atoms with Gasteiger partial charge in [0.1, 0.15) is 5.75 Å². The van der Waals surface area contributed by atoms with Gasteiger partial charge < -0.3 is 15.2 Å². The van der Waals surface area contributed by atoms with Crippen LogP contribution in [-0.2, 0) is 6.42 Å². The van der Waals surface area contributed by atoms with Crippen molar-refractivity contribution in [3.8, 4) is 17.6 Å². The first-order valence-electron chi connectivity index (χ1n) is 7.75. The van der Waals surface area contributed by atoms with Gasteiger partial charge in [-0.1, -0.05) is 24.0 Å². The van der Waals surface area contributed by atoms with Crippen molar-refractivity contribution in [2.45, 2.75) is 19.3 Å². The third-order valence-electron chi connectivity index (χ3n) is 3.82. The third kappa shape index (κ3) is 3.58. The summed E-state index contributed by atoms with van der Waals surface area (Å²) in [5.74, 6) is 5.54. The molecular formula is C20H17NO3. The van der Waals surface area contributed by atoms with Crippen molar-refractivity contribution in [3.05, 3.63) is 65.4 Å². The number of phenolic OH excluding ortho intramolecular Hbond substituents is 1. The van der Waals surface area contributed by atoms with Gasteiger partial charge in [0.15, 0.2) is 0 Å². The molecule has 0 aliphatic heterocycles. The van der Waals surface area contributed by atoms with E-state index in [1.807, 2.05) is 24.3 Å². The Bertz CT molecular complexity index is 944. The molecule has 0 radical (unpaired) electrons. The summed E-state index contributed by atoms with van der Waals surface area (Å²) in [7, 11) is 0. The van der Waals surface area contributed by atoms with Gasteiger partial charge in [0.05, 0.1) is 5.56 Å². The molecule has 1 heterocycles. The van der Waals surface area contributed by atoms with Crippen molar-refractivity contribution >= 4 is 16.9 Å². The lowest BCUT2D eigenvalue weighted by Crippen LogP contribution is -1.93. The van der Waals surface area contributed by atoms with E-state index in [2.05, 4.69) is 16.8 Å². The van der Waals surface area contributed by atoms with Crippen molar-refractivity contribution in [2.24, 2.45) is 0 Å². The van der Waals surface area contributed by atoms with Gasteiger partial charge in [0.2, 0.25) is 0 Å². The number of aryl methyl sites for hydroxylation is 1. The van der Waals surface area contributed by atoms with E-state index in [-0.39, 0.29) is 11.3 Å². The Hall–Kier alpha value is -3.19. The number of fused-ring (bicyclic) bond motifs is 1. The molecule has 2 aromatic carbocycles. The van der Waals surface area contributed by atoms with Crippen LogP contribution in [0.4, 0.5) is 0 Å². The minimum absolute atomic E-state index is 0.262. The van der Waals surface area contributed by atoms with Gasteiger partial charge in [-0.25, -0.2) is 4.79 Å². The van der Waals surface area contributed by atoms with Crippen LogP contribution in [0.3, 0.4) is 0 Å². The average molecular weight is 319 g/mol. The van der Waals surface area contributed by atoms with E-state index in [0.717, 1.165) is 35.9 Å². The number of aromatic carboxylic acids is 1. The zero-order valence-electron chi connectivity index (χ0n) is 13.0. The molecule has 0 bridgehead atoms. The molecule has 0 saturated carbocycles. The second kappa shape index (κ2) is 6.93. The highest BCUT2D eigenvalue weighted by Crippen LogP contribution is 2.19. The lowest BCUT2D eigenvalue weighted by atomic mass is 10.1. The van der Waals surface area contributed by atoms with Crippen molar-refractivity contribution in [3.63, 3.8) is 0 Å². The van der Waals surface area contributed by atoms with Gasteiger partial charge in [0, 0.05) is 29.1 Å². The molecule has 0 aliphatic carbocycles. The first-order valence-corrected chi connectivity index (χ1v) is 7.75. The van der Waals surface area contributed by atoms with E-state index >= 15 is 0 Å². The van der Waals surface area contributed by atoms with Crippen molar-refractivity contribution in [2.75, 3.05) is 0 Å². The number of phenols is 1. The monoisotopic (exact) mass is 319 g/mol. The number of nitrogens with one attached hydrogen (secondary N) is 1. The summed E-state index contributed by atoms with van der Waals surface area (Å²) in [6, 6.07) is 12.8. The van der Waals surface area contributed by atoms with Gasteiger partial charge in [-0.15, -0.1) is 0 Å². The predicted octanol–water partition coefficient (Wildman–Crippen LogP) is 3.95. The SMILES string of the molecule is O=C(O)c1c[nH]c2ccc(C#CCCCc3cccc(O)c3)cc12. The molecule has 24 heavy (non-hydrogen) atoms.